The van der Waals surface area contributed by atoms with Crippen LogP contribution in [-0.4, -0.2) is 29.6 Å². The van der Waals surface area contributed by atoms with Gasteiger partial charge in [-0.25, -0.2) is 4.98 Å². The third-order valence-corrected chi connectivity index (χ3v) is 4.78. The largest absolute Gasteiger partial charge is 0.357 e. The number of aryl methyl sites for hydroxylation is 1. The van der Waals surface area contributed by atoms with E-state index in [-0.39, 0.29) is 0 Å². The lowest BCUT2D eigenvalue weighted by Crippen LogP contribution is -2.29. The van der Waals surface area contributed by atoms with Crippen molar-refractivity contribution in [2.75, 3.05) is 23.8 Å². The van der Waals surface area contributed by atoms with E-state index in [2.05, 4.69) is 35.1 Å². The summed E-state index contributed by atoms with van der Waals surface area (Å²) in [6.07, 6.45) is 3.73. The van der Waals surface area contributed by atoms with Crippen LogP contribution in [0.15, 0.2) is 6.07 Å². The summed E-state index contributed by atoms with van der Waals surface area (Å²) < 4.78 is 0. The number of rotatable bonds is 3. The van der Waals surface area contributed by atoms with Gasteiger partial charge in [-0.05, 0) is 32.3 Å². The van der Waals surface area contributed by atoms with E-state index in [4.69, 9.17) is 4.98 Å². The number of hydrogen-bond donors (Lipinski definition) is 1. The van der Waals surface area contributed by atoms with E-state index in [1.165, 1.54) is 29.5 Å². The summed E-state index contributed by atoms with van der Waals surface area (Å²) in [4.78, 5) is 14.1. The van der Waals surface area contributed by atoms with E-state index in [0.29, 0.717) is 6.04 Å². The molecule has 2 aromatic heterocycles. The fourth-order valence-electron chi connectivity index (χ4n) is 2.90. The first-order valence-electron chi connectivity index (χ1n) is 6.95. The average Bonchev–Trinajstić information content (AvgIpc) is 3.01. The highest BCUT2D eigenvalue weighted by Crippen LogP contribution is 2.35. The van der Waals surface area contributed by atoms with Crippen LogP contribution in [-0.2, 0) is 0 Å². The Morgan fingerprint density at radius 2 is 2.32 bits per heavy atom. The van der Waals surface area contributed by atoms with Crippen LogP contribution in [0.5, 0.6) is 0 Å². The second-order valence-corrected chi connectivity index (χ2v) is 6.33. The van der Waals surface area contributed by atoms with E-state index in [9.17, 15) is 0 Å². The number of hydrogen-bond acceptors (Lipinski definition) is 5. The van der Waals surface area contributed by atoms with Crippen molar-refractivity contribution in [2.24, 2.45) is 0 Å². The molecule has 5 heteroatoms. The van der Waals surface area contributed by atoms with Crippen molar-refractivity contribution in [2.45, 2.75) is 39.2 Å². The SMILES string of the molecule is CCC1CCCN1c1nc(NC)nc2sc(C)cc12. The zero-order valence-corrected chi connectivity index (χ0v) is 12.5. The van der Waals surface area contributed by atoms with Crippen molar-refractivity contribution in [1.82, 2.24) is 9.97 Å². The molecule has 0 aliphatic carbocycles. The van der Waals surface area contributed by atoms with E-state index in [1.807, 2.05) is 7.05 Å². The number of nitrogens with zero attached hydrogens (tertiary/aromatic N) is 3. The highest BCUT2D eigenvalue weighted by molar-refractivity contribution is 7.18. The number of fused-ring (bicyclic) bond motifs is 1. The van der Waals surface area contributed by atoms with Gasteiger partial charge in [0, 0.05) is 24.5 Å². The molecule has 19 heavy (non-hydrogen) atoms. The van der Waals surface area contributed by atoms with Crippen LogP contribution in [0.4, 0.5) is 11.8 Å². The molecule has 1 unspecified atom stereocenters. The lowest BCUT2D eigenvalue weighted by atomic mass is 10.1. The van der Waals surface area contributed by atoms with Gasteiger partial charge >= 0.3 is 0 Å². The van der Waals surface area contributed by atoms with Crippen molar-refractivity contribution in [1.29, 1.82) is 0 Å². The minimum atomic E-state index is 0.628. The fourth-order valence-corrected chi connectivity index (χ4v) is 3.77. The summed E-state index contributed by atoms with van der Waals surface area (Å²) in [5.74, 6) is 1.84. The van der Waals surface area contributed by atoms with Gasteiger partial charge in [0.15, 0.2) is 0 Å². The van der Waals surface area contributed by atoms with Crippen LogP contribution in [0.2, 0.25) is 0 Å². The maximum Gasteiger partial charge on any atom is 0.225 e. The third-order valence-electron chi connectivity index (χ3n) is 3.84. The van der Waals surface area contributed by atoms with Crippen LogP contribution < -0.4 is 10.2 Å². The molecule has 3 rings (SSSR count). The Hall–Kier alpha value is -1.36. The number of aromatic nitrogens is 2. The summed E-state index contributed by atoms with van der Waals surface area (Å²) in [6, 6.07) is 2.85. The topological polar surface area (TPSA) is 41.1 Å². The molecule has 1 N–H and O–H groups in total. The summed E-state index contributed by atoms with van der Waals surface area (Å²) in [5, 5.41) is 4.29. The molecule has 1 aliphatic heterocycles. The number of thiophene rings is 1. The van der Waals surface area contributed by atoms with Crippen LogP contribution in [0.3, 0.4) is 0 Å². The Morgan fingerprint density at radius 3 is 3.05 bits per heavy atom. The molecule has 1 atom stereocenters. The molecule has 3 heterocycles. The molecule has 0 amide bonds. The van der Waals surface area contributed by atoms with E-state index < -0.39 is 0 Å². The third kappa shape index (κ3) is 2.16. The Bertz CT molecular complexity index is 592. The molecule has 0 spiro atoms. The Kier molecular flexibility index (Phi) is 3.31. The smallest absolute Gasteiger partial charge is 0.225 e. The molecule has 1 saturated heterocycles. The van der Waals surface area contributed by atoms with Gasteiger partial charge in [-0.2, -0.15) is 4.98 Å². The van der Waals surface area contributed by atoms with Gasteiger partial charge in [0.25, 0.3) is 0 Å². The Balaban J connectivity index is 2.15. The zero-order chi connectivity index (χ0) is 13.4. The predicted octanol–water partition coefficient (Wildman–Crippen LogP) is 3.42. The first kappa shape index (κ1) is 12.7. The standard InChI is InChI=1S/C14H20N4S/c1-4-10-6-5-7-18(10)12-11-8-9(2)19-13(11)17-14(15-3)16-12/h8,10H,4-7H2,1-3H3,(H,15,16,17). The van der Waals surface area contributed by atoms with Gasteiger partial charge in [-0.15, -0.1) is 11.3 Å². The molecule has 102 valence electrons. The van der Waals surface area contributed by atoms with Crippen LogP contribution >= 0.6 is 11.3 Å². The molecule has 0 saturated carbocycles. The summed E-state index contributed by atoms with van der Waals surface area (Å²) in [6.45, 7) is 5.51. The highest BCUT2D eigenvalue weighted by Gasteiger charge is 2.26. The molecular weight excluding hydrogens is 256 g/mol. The van der Waals surface area contributed by atoms with E-state index in [1.54, 1.807) is 11.3 Å². The van der Waals surface area contributed by atoms with Gasteiger partial charge in [0.05, 0.1) is 5.39 Å². The van der Waals surface area contributed by atoms with Gasteiger partial charge in [-0.3, -0.25) is 0 Å². The van der Waals surface area contributed by atoms with Gasteiger partial charge in [0.1, 0.15) is 10.6 Å². The normalized spacial score (nSPS) is 19.3. The second-order valence-electron chi connectivity index (χ2n) is 5.09. The molecule has 1 aliphatic rings. The second kappa shape index (κ2) is 4.96. The molecule has 0 bridgehead atoms. The van der Waals surface area contributed by atoms with Gasteiger partial charge in [0.2, 0.25) is 5.95 Å². The minimum Gasteiger partial charge on any atom is -0.357 e. The Labute approximate surface area is 117 Å². The summed E-state index contributed by atoms with van der Waals surface area (Å²) in [5.41, 5.74) is 0. The first-order chi connectivity index (χ1) is 9.22. The minimum absolute atomic E-state index is 0.628. The molecule has 0 aromatic carbocycles. The Morgan fingerprint density at radius 1 is 1.47 bits per heavy atom. The predicted molar refractivity (Wildman–Crippen MR) is 82.4 cm³/mol. The van der Waals surface area contributed by atoms with E-state index >= 15 is 0 Å². The molecule has 2 aromatic rings. The highest BCUT2D eigenvalue weighted by atomic mass is 32.1. The summed E-state index contributed by atoms with van der Waals surface area (Å²) >= 11 is 1.75. The van der Waals surface area contributed by atoms with Crippen molar-refractivity contribution >= 4 is 33.3 Å². The van der Waals surface area contributed by atoms with Crippen LogP contribution in [0.1, 0.15) is 31.1 Å². The first-order valence-corrected chi connectivity index (χ1v) is 7.77. The lowest BCUT2D eigenvalue weighted by Gasteiger charge is -2.25. The molecular formula is C14H20N4S. The average molecular weight is 276 g/mol. The number of anilines is 2. The van der Waals surface area contributed by atoms with Crippen molar-refractivity contribution in [3.63, 3.8) is 0 Å². The molecule has 4 nitrogen and oxygen atoms in total. The van der Waals surface area contributed by atoms with Crippen molar-refractivity contribution < 1.29 is 0 Å². The zero-order valence-electron chi connectivity index (χ0n) is 11.7. The number of nitrogens with one attached hydrogen (secondary N) is 1. The maximum atomic E-state index is 4.72. The summed E-state index contributed by atoms with van der Waals surface area (Å²) in [7, 11) is 1.88. The van der Waals surface area contributed by atoms with Gasteiger partial charge in [-0.1, -0.05) is 6.92 Å². The van der Waals surface area contributed by atoms with E-state index in [0.717, 1.165) is 23.1 Å². The monoisotopic (exact) mass is 276 g/mol. The molecule has 1 fully saturated rings. The quantitative estimate of drug-likeness (QED) is 0.932. The van der Waals surface area contributed by atoms with Crippen LogP contribution in [0, 0.1) is 6.92 Å². The molecule has 0 radical (unpaired) electrons. The van der Waals surface area contributed by atoms with Crippen molar-refractivity contribution in [3.8, 4) is 0 Å². The maximum absolute atomic E-state index is 4.72. The van der Waals surface area contributed by atoms with Crippen molar-refractivity contribution in [3.05, 3.63) is 10.9 Å². The lowest BCUT2D eigenvalue weighted by molar-refractivity contribution is 0.642. The van der Waals surface area contributed by atoms with Gasteiger partial charge < -0.3 is 10.2 Å². The van der Waals surface area contributed by atoms with Crippen LogP contribution in [0.25, 0.3) is 10.2 Å². The fraction of sp³-hybridized carbons (Fsp3) is 0.571.